The van der Waals surface area contributed by atoms with Crippen LogP contribution in [0.5, 0.6) is 11.5 Å². The zero-order chi connectivity index (χ0) is 21.1. The van der Waals surface area contributed by atoms with E-state index in [1.807, 2.05) is 41.4 Å². The van der Waals surface area contributed by atoms with Crippen LogP contribution in [0.4, 0.5) is 5.69 Å². The summed E-state index contributed by atoms with van der Waals surface area (Å²) in [5.41, 5.74) is 3.38. The number of rotatable bonds is 5. The fraction of sp³-hybridized carbons (Fsp3) is 0.286. The molecule has 0 fully saturated rings. The lowest BCUT2D eigenvalue weighted by Gasteiger charge is -2.20. The topological polar surface area (TPSA) is 94.5 Å². The van der Waals surface area contributed by atoms with E-state index in [9.17, 15) is 9.59 Å². The Morgan fingerprint density at radius 3 is 2.63 bits per heavy atom. The van der Waals surface area contributed by atoms with E-state index in [-0.39, 0.29) is 12.6 Å². The summed E-state index contributed by atoms with van der Waals surface area (Å²) in [6.45, 7) is 5.07. The first-order chi connectivity index (χ1) is 14.5. The van der Waals surface area contributed by atoms with Crippen molar-refractivity contribution in [1.82, 2.24) is 15.1 Å². The number of fused-ring (bicyclic) bond motifs is 1. The average Bonchev–Trinajstić information content (AvgIpc) is 3.38. The SMILES string of the molecule is Cc1cc(C)n([C@@H](CNC(=O)C(=O)Nc2ccc3c(c2)OCCO3)c2ccsc2)n1. The zero-order valence-electron chi connectivity index (χ0n) is 16.7. The molecule has 30 heavy (non-hydrogen) atoms. The van der Waals surface area contributed by atoms with E-state index in [2.05, 4.69) is 15.7 Å². The van der Waals surface area contributed by atoms with E-state index in [0.717, 1.165) is 17.0 Å². The average molecular weight is 426 g/mol. The molecule has 2 aromatic heterocycles. The summed E-state index contributed by atoms with van der Waals surface area (Å²) >= 11 is 1.57. The van der Waals surface area contributed by atoms with Gasteiger partial charge in [0.05, 0.1) is 11.7 Å². The molecular weight excluding hydrogens is 404 g/mol. The van der Waals surface area contributed by atoms with Gasteiger partial charge in [0.2, 0.25) is 0 Å². The van der Waals surface area contributed by atoms with E-state index < -0.39 is 11.8 Å². The van der Waals surface area contributed by atoms with Gasteiger partial charge in [-0.15, -0.1) is 0 Å². The monoisotopic (exact) mass is 426 g/mol. The molecule has 1 aromatic carbocycles. The minimum Gasteiger partial charge on any atom is -0.486 e. The summed E-state index contributed by atoms with van der Waals surface area (Å²) in [4.78, 5) is 24.8. The van der Waals surface area contributed by atoms with Crippen LogP contribution in [-0.4, -0.2) is 41.4 Å². The Morgan fingerprint density at radius 2 is 1.93 bits per heavy atom. The number of thiophene rings is 1. The third-order valence-corrected chi connectivity index (χ3v) is 5.43. The number of aryl methyl sites for hydroxylation is 2. The maximum Gasteiger partial charge on any atom is 0.313 e. The Morgan fingerprint density at radius 1 is 1.13 bits per heavy atom. The van der Waals surface area contributed by atoms with Gasteiger partial charge in [0.25, 0.3) is 0 Å². The molecule has 8 nitrogen and oxygen atoms in total. The Bertz CT molecular complexity index is 1060. The summed E-state index contributed by atoms with van der Waals surface area (Å²) in [6.07, 6.45) is 0. The lowest BCUT2D eigenvalue weighted by Crippen LogP contribution is -2.39. The van der Waals surface area contributed by atoms with E-state index in [0.29, 0.717) is 30.4 Å². The van der Waals surface area contributed by atoms with Crippen LogP contribution in [0.2, 0.25) is 0 Å². The molecule has 0 saturated heterocycles. The first-order valence-electron chi connectivity index (χ1n) is 9.55. The third kappa shape index (κ3) is 4.30. The molecule has 156 valence electrons. The van der Waals surface area contributed by atoms with Crippen LogP contribution in [0, 0.1) is 13.8 Å². The van der Waals surface area contributed by atoms with Crippen molar-refractivity contribution in [3.63, 3.8) is 0 Å². The number of aromatic nitrogens is 2. The zero-order valence-corrected chi connectivity index (χ0v) is 17.5. The number of carbonyl (C=O) groups is 2. The third-order valence-electron chi connectivity index (χ3n) is 4.73. The number of ether oxygens (including phenoxy) is 2. The number of hydrogen-bond acceptors (Lipinski definition) is 6. The van der Waals surface area contributed by atoms with Gasteiger partial charge in [-0.25, -0.2) is 0 Å². The van der Waals surface area contributed by atoms with Crippen LogP contribution in [0.1, 0.15) is 23.0 Å². The Labute approximate surface area is 177 Å². The predicted octanol–water partition coefficient (Wildman–Crippen LogP) is 2.68. The van der Waals surface area contributed by atoms with Crippen molar-refractivity contribution in [2.24, 2.45) is 0 Å². The van der Waals surface area contributed by atoms with Gasteiger partial charge in [-0.1, -0.05) is 0 Å². The minimum atomic E-state index is -0.746. The summed E-state index contributed by atoms with van der Waals surface area (Å²) in [5.74, 6) is -0.301. The van der Waals surface area contributed by atoms with Gasteiger partial charge in [-0.3, -0.25) is 14.3 Å². The molecule has 0 saturated carbocycles. The highest BCUT2D eigenvalue weighted by molar-refractivity contribution is 7.08. The second kappa shape index (κ2) is 8.58. The fourth-order valence-corrected chi connectivity index (χ4v) is 4.06. The normalized spacial score (nSPS) is 13.5. The van der Waals surface area contributed by atoms with Crippen molar-refractivity contribution in [1.29, 1.82) is 0 Å². The second-order valence-corrected chi connectivity index (χ2v) is 7.75. The first-order valence-corrected chi connectivity index (χ1v) is 10.5. The highest BCUT2D eigenvalue weighted by Gasteiger charge is 2.21. The standard InChI is InChI=1S/C21H22N4O4S/c1-13-9-14(2)25(24-13)17(15-5-8-30-12-15)11-22-20(26)21(27)23-16-3-4-18-19(10-16)29-7-6-28-18/h3-5,8-10,12,17H,6-7,11H2,1-2H3,(H,22,26)(H,23,27)/t17-/m0/s1. The van der Waals surface area contributed by atoms with Crippen molar-refractivity contribution in [2.45, 2.75) is 19.9 Å². The van der Waals surface area contributed by atoms with E-state index >= 15 is 0 Å². The number of carbonyl (C=O) groups excluding carboxylic acids is 2. The predicted molar refractivity (Wildman–Crippen MR) is 113 cm³/mol. The molecule has 2 N–H and O–H groups in total. The van der Waals surface area contributed by atoms with Crippen LogP contribution >= 0.6 is 11.3 Å². The molecule has 0 bridgehead atoms. The van der Waals surface area contributed by atoms with Crippen LogP contribution in [0.25, 0.3) is 0 Å². The van der Waals surface area contributed by atoms with Gasteiger partial charge in [-0.05, 0) is 54.4 Å². The van der Waals surface area contributed by atoms with Gasteiger partial charge < -0.3 is 20.1 Å². The fourth-order valence-electron chi connectivity index (χ4n) is 3.35. The number of benzene rings is 1. The van der Waals surface area contributed by atoms with Crippen molar-refractivity contribution in [3.05, 3.63) is 58.0 Å². The molecule has 0 spiro atoms. The van der Waals surface area contributed by atoms with Crippen LogP contribution in [0.3, 0.4) is 0 Å². The first kappa shape index (κ1) is 20.0. The van der Waals surface area contributed by atoms with Gasteiger partial charge >= 0.3 is 11.8 Å². The molecule has 2 amide bonds. The smallest absolute Gasteiger partial charge is 0.313 e. The molecule has 1 aliphatic rings. The molecule has 3 aromatic rings. The van der Waals surface area contributed by atoms with Gasteiger partial charge in [0.1, 0.15) is 13.2 Å². The van der Waals surface area contributed by atoms with Gasteiger partial charge in [-0.2, -0.15) is 16.4 Å². The van der Waals surface area contributed by atoms with Crippen molar-refractivity contribution < 1.29 is 19.1 Å². The second-order valence-electron chi connectivity index (χ2n) is 6.97. The molecule has 1 aliphatic heterocycles. The summed E-state index contributed by atoms with van der Waals surface area (Å²) in [5, 5.41) is 13.9. The van der Waals surface area contributed by atoms with Crippen molar-refractivity contribution in [3.8, 4) is 11.5 Å². The van der Waals surface area contributed by atoms with E-state index in [1.165, 1.54) is 0 Å². The van der Waals surface area contributed by atoms with Crippen LogP contribution in [-0.2, 0) is 9.59 Å². The maximum absolute atomic E-state index is 12.4. The quantitative estimate of drug-likeness (QED) is 0.612. The number of nitrogens with one attached hydrogen (secondary N) is 2. The number of nitrogens with zero attached hydrogens (tertiary/aromatic N) is 2. The number of hydrogen-bond donors (Lipinski definition) is 2. The number of anilines is 1. The molecule has 0 unspecified atom stereocenters. The van der Waals surface area contributed by atoms with Crippen LogP contribution < -0.4 is 20.1 Å². The van der Waals surface area contributed by atoms with Crippen molar-refractivity contribution in [2.75, 3.05) is 25.1 Å². The molecule has 3 heterocycles. The Kier molecular flexibility index (Phi) is 5.71. The highest BCUT2D eigenvalue weighted by atomic mass is 32.1. The summed E-state index contributed by atoms with van der Waals surface area (Å²) < 4.78 is 12.8. The summed E-state index contributed by atoms with van der Waals surface area (Å²) in [7, 11) is 0. The molecule has 0 aliphatic carbocycles. The van der Waals surface area contributed by atoms with E-state index in [4.69, 9.17) is 9.47 Å². The lowest BCUT2D eigenvalue weighted by atomic mass is 10.1. The maximum atomic E-state index is 12.4. The lowest BCUT2D eigenvalue weighted by molar-refractivity contribution is -0.136. The minimum absolute atomic E-state index is 0.198. The van der Waals surface area contributed by atoms with Crippen molar-refractivity contribution >= 4 is 28.8 Å². The molecule has 1 atom stereocenters. The molecular formula is C21H22N4O4S. The largest absolute Gasteiger partial charge is 0.486 e. The number of amides is 2. The highest BCUT2D eigenvalue weighted by Crippen LogP contribution is 2.32. The molecule has 0 radical (unpaired) electrons. The Hall–Kier alpha value is -3.33. The van der Waals surface area contributed by atoms with Gasteiger partial charge in [0, 0.05) is 24.0 Å². The molecule has 4 rings (SSSR count). The van der Waals surface area contributed by atoms with E-state index in [1.54, 1.807) is 29.5 Å². The van der Waals surface area contributed by atoms with Gasteiger partial charge in [0.15, 0.2) is 11.5 Å². The van der Waals surface area contributed by atoms with Crippen LogP contribution in [0.15, 0.2) is 41.1 Å². The Balaban J connectivity index is 1.42. The summed E-state index contributed by atoms with van der Waals surface area (Å²) in [6, 6.07) is 8.79. The molecule has 9 heteroatoms.